The molecule has 4 nitrogen and oxygen atoms in total. The molecule has 0 atom stereocenters. The van der Waals surface area contributed by atoms with Crippen LogP contribution in [0.5, 0.6) is 5.75 Å². The molecule has 4 aromatic rings. The van der Waals surface area contributed by atoms with Crippen LogP contribution < -0.4 is 4.74 Å². The maximum absolute atomic E-state index is 13.4. The van der Waals surface area contributed by atoms with E-state index in [0.29, 0.717) is 25.3 Å². The fourth-order valence-electron chi connectivity index (χ4n) is 3.62. The molecule has 4 rings (SSSR count). The fraction of sp³-hybridized carbons (Fsp3) is 0.208. The molecule has 0 spiro atoms. The molecule has 3 aromatic carbocycles. The number of carbonyl (C=O) groups is 1. The number of halogens is 1. The van der Waals surface area contributed by atoms with Crippen LogP contribution in [-0.2, 0) is 11.2 Å². The van der Waals surface area contributed by atoms with Crippen LogP contribution in [0.4, 0.5) is 4.39 Å². The first-order chi connectivity index (χ1) is 14.2. The van der Waals surface area contributed by atoms with Crippen molar-refractivity contribution in [1.29, 1.82) is 0 Å². The zero-order valence-corrected chi connectivity index (χ0v) is 16.2. The van der Waals surface area contributed by atoms with Crippen molar-refractivity contribution in [2.75, 3.05) is 13.2 Å². The first kappa shape index (κ1) is 19.0. The lowest BCUT2D eigenvalue weighted by Crippen LogP contribution is -2.09. The third kappa shape index (κ3) is 3.94. The van der Waals surface area contributed by atoms with Crippen molar-refractivity contribution >= 4 is 27.6 Å². The Morgan fingerprint density at radius 1 is 1.03 bits per heavy atom. The number of para-hydroxylation sites is 1. The minimum atomic E-state index is -0.337. The summed E-state index contributed by atoms with van der Waals surface area (Å²) in [6, 6.07) is 18.1. The number of carbonyl (C=O) groups excluding carboxylic acids is 1. The van der Waals surface area contributed by atoms with E-state index in [-0.39, 0.29) is 11.8 Å². The molecule has 1 N–H and O–H groups in total. The van der Waals surface area contributed by atoms with Crippen LogP contribution in [0.2, 0.25) is 0 Å². The van der Waals surface area contributed by atoms with Crippen molar-refractivity contribution in [2.45, 2.75) is 19.8 Å². The molecule has 148 valence electrons. The van der Waals surface area contributed by atoms with Gasteiger partial charge in [0.1, 0.15) is 17.3 Å². The van der Waals surface area contributed by atoms with E-state index in [0.717, 1.165) is 39.4 Å². The number of fused-ring (bicyclic) bond motifs is 2. The van der Waals surface area contributed by atoms with Crippen molar-refractivity contribution < 1.29 is 18.7 Å². The standard InChI is InChI=1S/C24H22FNO3/c1-2-28-24(27)23-20(19-8-3-4-10-21(19)26-23)9-6-14-29-22-11-5-7-16-15-17(25)12-13-18(16)22/h3-5,7-8,10-13,15,26H,2,6,9,14H2,1H3. The summed E-state index contributed by atoms with van der Waals surface area (Å²) >= 11 is 0. The van der Waals surface area contributed by atoms with Gasteiger partial charge in [0, 0.05) is 16.3 Å². The normalized spacial score (nSPS) is 11.1. The molecule has 0 aliphatic carbocycles. The SMILES string of the molecule is CCOC(=O)c1[nH]c2ccccc2c1CCCOc1cccc2cc(F)ccc12. The Bertz CT molecular complexity index is 1170. The summed E-state index contributed by atoms with van der Waals surface area (Å²) < 4.78 is 24.6. The highest BCUT2D eigenvalue weighted by Crippen LogP contribution is 2.27. The third-order valence-corrected chi connectivity index (χ3v) is 4.92. The van der Waals surface area contributed by atoms with E-state index in [9.17, 15) is 9.18 Å². The maximum Gasteiger partial charge on any atom is 0.355 e. The largest absolute Gasteiger partial charge is 0.493 e. The summed E-state index contributed by atoms with van der Waals surface area (Å²) in [6.07, 6.45) is 1.41. The lowest BCUT2D eigenvalue weighted by Gasteiger charge is -2.10. The number of aryl methyl sites for hydroxylation is 1. The van der Waals surface area contributed by atoms with E-state index in [4.69, 9.17) is 9.47 Å². The van der Waals surface area contributed by atoms with Gasteiger partial charge in [-0.25, -0.2) is 9.18 Å². The molecular weight excluding hydrogens is 369 g/mol. The van der Waals surface area contributed by atoms with Crippen molar-refractivity contribution in [1.82, 2.24) is 4.98 Å². The van der Waals surface area contributed by atoms with Gasteiger partial charge in [-0.1, -0.05) is 30.3 Å². The molecule has 0 unspecified atom stereocenters. The summed E-state index contributed by atoms with van der Waals surface area (Å²) in [5, 5.41) is 2.72. The number of aromatic nitrogens is 1. The number of esters is 1. The van der Waals surface area contributed by atoms with Gasteiger partial charge >= 0.3 is 5.97 Å². The Morgan fingerprint density at radius 3 is 2.76 bits per heavy atom. The fourth-order valence-corrected chi connectivity index (χ4v) is 3.62. The molecule has 0 radical (unpaired) electrons. The predicted octanol–water partition coefficient (Wildman–Crippen LogP) is 5.65. The van der Waals surface area contributed by atoms with E-state index in [1.807, 2.05) is 42.5 Å². The first-order valence-corrected chi connectivity index (χ1v) is 9.75. The zero-order chi connectivity index (χ0) is 20.2. The minimum Gasteiger partial charge on any atom is -0.493 e. The van der Waals surface area contributed by atoms with Gasteiger partial charge in [0.15, 0.2) is 0 Å². The molecule has 0 aliphatic heterocycles. The van der Waals surface area contributed by atoms with Gasteiger partial charge in [0.2, 0.25) is 0 Å². The highest BCUT2D eigenvalue weighted by Gasteiger charge is 2.18. The van der Waals surface area contributed by atoms with Gasteiger partial charge in [-0.2, -0.15) is 0 Å². The van der Waals surface area contributed by atoms with Crippen molar-refractivity contribution in [3.8, 4) is 5.75 Å². The lowest BCUT2D eigenvalue weighted by atomic mass is 10.1. The number of aromatic amines is 1. The molecule has 0 saturated heterocycles. The molecule has 1 aromatic heterocycles. The summed E-state index contributed by atoms with van der Waals surface area (Å²) in [7, 11) is 0. The van der Waals surface area contributed by atoms with Crippen LogP contribution in [0.3, 0.4) is 0 Å². The van der Waals surface area contributed by atoms with Crippen LogP contribution in [0, 0.1) is 5.82 Å². The second-order valence-electron chi connectivity index (χ2n) is 6.82. The molecule has 0 saturated carbocycles. The Hall–Kier alpha value is -3.34. The molecule has 29 heavy (non-hydrogen) atoms. The van der Waals surface area contributed by atoms with Crippen molar-refractivity contribution in [3.05, 3.63) is 77.7 Å². The van der Waals surface area contributed by atoms with Crippen molar-refractivity contribution in [3.63, 3.8) is 0 Å². The Kier molecular flexibility index (Phi) is 5.47. The molecule has 5 heteroatoms. The summed E-state index contributed by atoms with van der Waals surface area (Å²) in [4.78, 5) is 15.5. The van der Waals surface area contributed by atoms with Crippen LogP contribution in [-0.4, -0.2) is 24.2 Å². The molecule has 0 fully saturated rings. The second-order valence-corrected chi connectivity index (χ2v) is 6.82. The number of benzene rings is 3. The average molecular weight is 391 g/mol. The third-order valence-electron chi connectivity index (χ3n) is 4.92. The molecular formula is C24H22FNO3. The molecule has 0 amide bonds. The quantitative estimate of drug-likeness (QED) is 0.327. The summed E-state index contributed by atoms with van der Waals surface area (Å²) in [5.74, 6) is 0.128. The topological polar surface area (TPSA) is 51.3 Å². The van der Waals surface area contributed by atoms with E-state index in [2.05, 4.69) is 4.98 Å². The highest BCUT2D eigenvalue weighted by atomic mass is 19.1. The monoisotopic (exact) mass is 391 g/mol. The molecule has 0 bridgehead atoms. The van der Waals surface area contributed by atoms with Crippen LogP contribution in [0.25, 0.3) is 21.7 Å². The van der Waals surface area contributed by atoms with Gasteiger partial charge in [0.25, 0.3) is 0 Å². The Morgan fingerprint density at radius 2 is 1.90 bits per heavy atom. The Balaban J connectivity index is 1.49. The lowest BCUT2D eigenvalue weighted by molar-refractivity contribution is 0.0519. The van der Waals surface area contributed by atoms with Crippen LogP contribution in [0.1, 0.15) is 29.4 Å². The number of H-pyrrole nitrogens is 1. The second kappa shape index (κ2) is 8.35. The minimum absolute atomic E-state index is 0.263. The summed E-state index contributed by atoms with van der Waals surface area (Å²) in [5.41, 5.74) is 2.37. The highest BCUT2D eigenvalue weighted by molar-refractivity contribution is 5.98. The number of ether oxygens (including phenoxy) is 2. The van der Waals surface area contributed by atoms with Gasteiger partial charge < -0.3 is 14.5 Å². The van der Waals surface area contributed by atoms with E-state index >= 15 is 0 Å². The summed E-state index contributed by atoms with van der Waals surface area (Å²) in [6.45, 7) is 2.61. The van der Waals surface area contributed by atoms with E-state index in [1.54, 1.807) is 13.0 Å². The number of hydrogen-bond acceptors (Lipinski definition) is 3. The van der Waals surface area contributed by atoms with Crippen LogP contribution >= 0.6 is 0 Å². The number of rotatable bonds is 7. The molecule has 0 aliphatic rings. The van der Waals surface area contributed by atoms with Gasteiger partial charge in [-0.15, -0.1) is 0 Å². The number of hydrogen-bond donors (Lipinski definition) is 1. The maximum atomic E-state index is 13.4. The molecule has 1 heterocycles. The number of nitrogens with one attached hydrogen (secondary N) is 1. The van der Waals surface area contributed by atoms with Gasteiger partial charge in [-0.3, -0.25) is 0 Å². The average Bonchev–Trinajstić information content (AvgIpc) is 3.10. The van der Waals surface area contributed by atoms with E-state index in [1.165, 1.54) is 12.1 Å². The van der Waals surface area contributed by atoms with E-state index < -0.39 is 0 Å². The first-order valence-electron chi connectivity index (χ1n) is 9.75. The Labute approximate surface area is 168 Å². The zero-order valence-electron chi connectivity index (χ0n) is 16.2. The van der Waals surface area contributed by atoms with Gasteiger partial charge in [0.05, 0.1) is 13.2 Å². The van der Waals surface area contributed by atoms with Crippen molar-refractivity contribution in [2.24, 2.45) is 0 Å². The van der Waals surface area contributed by atoms with Crippen LogP contribution in [0.15, 0.2) is 60.7 Å². The smallest absolute Gasteiger partial charge is 0.355 e. The van der Waals surface area contributed by atoms with Gasteiger partial charge in [-0.05, 0) is 61.0 Å². The predicted molar refractivity (Wildman–Crippen MR) is 112 cm³/mol.